The minimum atomic E-state index is -1.23. The highest BCUT2D eigenvalue weighted by Gasteiger charge is 2.26. The van der Waals surface area contributed by atoms with Crippen LogP contribution >= 0.6 is 23.2 Å². The van der Waals surface area contributed by atoms with Gasteiger partial charge in [0, 0.05) is 24.1 Å². The van der Waals surface area contributed by atoms with Gasteiger partial charge in [0.15, 0.2) is 10.6 Å². The number of aliphatic hydroxyl groups is 1. The summed E-state index contributed by atoms with van der Waals surface area (Å²) in [6, 6.07) is 12.7. The van der Waals surface area contributed by atoms with Crippen molar-refractivity contribution in [2.75, 3.05) is 6.67 Å². The second kappa shape index (κ2) is 9.80. The molecule has 0 saturated heterocycles. The zero-order valence-electron chi connectivity index (χ0n) is 14.6. The van der Waals surface area contributed by atoms with E-state index in [1.165, 1.54) is 0 Å². The molecule has 0 amide bonds. The first-order valence-electron chi connectivity index (χ1n) is 8.38. The Morgan fingerprint density at radius 1 is 1.22 bits per heavy atom. The molecule has 142 valence electrons. The number of carbonyl (C=O) groups excluding carboxylic acids is 1. The number of Topliss-reactive ketones (excluding diaryl/α,β-unsaturated/α-hetero) is 1. The minimum absolute atomic E-state index is 0.237. The molecule has 27 heavy (non-hydrogen) atoms. The third-order valence-corrected chi connectivity index (χ3v) is 4.85. The van der Waals surface area contributed by atoms with Crippen LogP contribution in [0.5, 0.6) is 0 Å². The summed E-state index contributed by atoms with van der Waals surface area (Å²) in [4.78, 5) is 14.7. The third-order valence-electron chi connectivity index (χ3n) is 4.36. The fraction of sp³-hybridized carbons (Fsp3) is 0.350. The van der Waals surface area contributed by atoms with Gasteiger partial charge >= 0.3 is 0 Å². The Kier molecular flexibility index (Phi) is 7.73. The topological polar surface area (TPSA) is 74.0 Å². The van der Waals surface area contributed by atoms with Crippen molar-refractivity contribution in [2.45, 2.75) is 30.2 Å². The van der Waals surface area contributed by atoms with Gasteiger partial charge < -0.3 is 5.11 Å². The molecule has 3 atom stereocenters. The van der Waals surface area contributed by atoms with Crippen LogP contribution in [0, 0.1) is 17.2 Å². The highest BCUT2D eigenvalue weighted by molar-refractivity contribution is 6.53. The average Bonchev–Trinajstić information content (AvgIpc) is 2.70. The molecule has 0 bridgehead atoms. The fourth-order valence-electron chi connectivity index (χ4n) is 2.64. The Labute approximate surface area is 167 Å². The third kappa shape index (κ3) is 5.49. The number of nitrogens with zero attached hydrogens (tertiary/aromatic N) is 2. The van der Waals surface area contributed by atoms with Gasteiger partial charge in [-0.25, -0.2) is 0 Å². The molecule has 4 nitrogen and oxygen atoms in total. The van der Waals surface area contributed by atoms with Crippen molar-refractivity contribution >= 4 is 29.0 Å². The Hall–Kier alpha value is -2.00. The summed E-state index contributed by atoms with van der Waals surface area (Å²) in [6.45, 7) is 0.915. The van der Waals surface area contributed by atoms with Gasteiger partial charge in [0.25, 0.3) is 0 Å². The maximum absolute atomic E-state index is 13.3. The van der Waals surface area contributed by atoms with E-state index in [1.54, 1.807) is 43.5 Å². The van der Waals surface area contributed by atoms with E-state index in [1.807, 2.05) is 6.07 Å². The van der Waals surface area contributed by atoms with Crippen molar-refractivity contribution in [2.24, 2.45) is 5.92 Å². The monoisotopic (exact) mass is 408 g/mol. The van der Waals surface area contributed by atoms with Crippen molar-refractivity contribution in [1.82, 2.24) is 4.98 Å². The normalized spacial score (nSPS) is 14.4. The van der Waals surface area contributed by atoms with Crippen LogP contribution in [0.1, 0.15) is 36.6 Å². The molecule has 0 aliphatic rings. The molecule has 2 rings (SSSR count). The zero-order chi connectivity index (χ0) is 20.0. The summed E-state index contributed by atoms with van der Waals surface area (Å²) in [5.41, 5.74) is 2.91. The number of rotatable bonds is 8. The van der Waals surface area contributed by atoms with E-state index in [-0.39, 0.29) is 12.3 Å². The summed E-state index contributed by atoms with van der Waals surface area (Å²) < 4.78 is 13.3. The number of nitriles is 1. The van der Waals surface area contributed by atoms with Crippen molar-refractivity contribution in [3.8, 4) is 17.2 Å². The fourth-order valence-corrected chi connectivity index (χ4v) is 2.82. The lowest BCUT2D eigenvalue weighted by Gasteiger charge is -2.20. The van der Waals surface area contributed by atoms with Crippen LogP contribution in [0.3, 0.4) is 0 Å². The number of hydrogen-bond donors (Lipinski definition) is 1. The van der Waals surface area contributed by atoms with E-state index in [2.05, 4.69) is 11.1 Å². The van der Waals surface area contributed by atoms with Crippen LogP contribution in [0.2, 0.25) is 0 Å². The number of ketones is 1. The van der Waals surface area contributed by atoms with E-state index in [0.717, 1.165) is 11.1 Å². The molecule has 2 aromatic rings. The van der Waals surface area contributed by atoms with Crippen LogP contribution in [0.4, 0.5) is 4.39 Å². The molecule has 0 saturated carbocycles. The van der Waals surface area contributed by atoms with Gasteiger partial charge in [-0.15, -0.1) is 0 Å². The zero-order valence-corrected chi connectivity index (χ0v) is 16.2. The van der Waals surface area contributed by atoms with Crippen LogP contribution in [-0.4, -0.2) is 27.4 Å². The summed E-state index contributed by atoms with van der Waals surface area (Å²) in [7, 11) is 0. The standard InChI is InChI=1S/C20H19Cl2FN2O2/c1-12(10-24)17-7-6-15(11-25-17)13-2-4-14(5-3-13)19(27)16(9-23)8-18(26)20(21)22/h2-7,11-12,16,19-20,27H,8-9H2,1H3/t12?,16-,19-/m1/s1. The second-order valence-corrected chi connectivity index (χ2v) is 7.37. The smallest absolute Gasteiger partial charge is 0.166 e. The highest BCUT2D eigenvalue weighted by Crippen LogP contribution is 2.29. The van der Waals surface area contributed by atoms with Gasteiger partial charge in [-0.3, -0.25) is 14.2 Å². The molecule has 1 heterocycles. The molecular weight excluding hydrogens is 390 g/mol. The SMILES string of the molecule is CC(C#N)c1ccc(-c2ccc([C@@H](O)[C@@H](CF)CC(=O)C(Cl)Cl)cc2)cn1. The van der Waals surface area contributed by atoms with Crippen molar-refractivity contribution in [1.29, 1.82) is 5.26 Å². The van der Waals surface area contributed by atoms with E-state index >= 15 is 0 Å². The number of alkyl halides is 3. The van der Waals surface area contributed by atoms with Gasteiger partial charge in [-0.05, 0) is 24.1 Å². The maximum Gasteiger partial charge on any atom is 0.166 e. The van der Waals surface area contributed by atoms with E-state index < -0.39 is 29.3 Å². The molecule has 0 fully saturated rings. The van der Waals surface area contributed by atoms with Gasteiger partial charge in [-0.2, -0.15) is 5.26 Å². The van der Waals surface area contributed by atoms with Crippen molar-refractivity contribution in [3.63, 3.8) is 0 Å². The van der Waals surface area contributed by atoms with Crippen LogP contribution in [0.15, 0.2) is 42.6 Å². The molecule has 7 heteroatoms. The molecule has 0 spiro atoms. The molecule has 1 aromatic carbocycles. The maximum atomic E-state index is 13.3. The Morgan fingerprint density at radius 2 is 1.85 bits per heavy atom. The molecule has 0 radical (unpaired) electrons. The quantitative estimate of drug-likeness (QED) is 0.638. The first-order valence-corrected chi connectivity index (χ1v) is 9.25. The number of pyridine rings is 1. The molecule has 1 unspecified atom stereocenters. The summed E-state index contributed by atoms with van der Waals surface area (Å²) in [6.07, 6.45) is 0.301. The van der Waals surface area contributed by atoms with Crippen LogP contribution in [0.25, 0.3) is 11.1 Å². The van der Waals surface area contributed by atoms with E-state index in [0.29, 0.717) is 11.3 Å². The largest absolute Gasteiger partial charge is 0.388 e. The van der Waals surface area contributed by atoms with Crippen LogP contribution in [-0.2, 0) is 4.79 Å². The predicted molar refractivity (Wildman–Crippen MR) is 103 cm³/mol. The second-order valence-electron chi connectivity index (χ2n) is 6.27. The number of aromatic nitrogens is 1. The van der Waals surface area contributed by atoms with Crippen molar-refractivity contribution in [3.05, 3.63) is 53.9 Å². The number of carbonyl (C=O) groups is 1. The number of hydrogen-bond acceptors (Lipinski definition) is 4. The number of aliphatic hydroxyl groups excluding tert-OH is 1. The summed E-state index contributed by atoms with van der Waals surface area (Å²) >= 11 is 11.0. The molecule has 1 aromatic heterocycles. The van der Waals surface area contributed by atoms with E-state index in [4.69, 9.17) is 28.5 Å². The summed E-state index contributed by atoms with van der Waals surface area (Å²) in [5.74, 6) is -1.70. The molecular formula is C20H19Cl2FN2O2. The first-order chi connectivity index (χ1) is 12.9. The lowest BCUT2D eigenvalue weighted by Crippen LogP contribution is -2.21. The lowest BCUT2D eigenvalue weighted by atomic mass is 9.91. The van der Waals surface area contributed by atoms with Crippen molar-refractivity contribution < 1.29 is 14.3 Å². The molecule has 1 N–H and O–H groups in total. The van der Waals surface area contributed by atoms with Gasteiger partial charge in [-0.1, -0.05) is 53.5 Å². The Balaban J connectivity index is 2.14. The first kappa shape index (κ1) is 21.3. The summed E-state index contributed by atoms with van der Waals surface area (Å²) in [5, 5.41) is 19.3. The molecule has 0 aliphatic heterocycles. The number of halogens is 3. The van der Waals surface area contributed by atoms with Crippen LogP contribution < -0.4 is 0 Å². The lowest BCUT2D eigenvalue weighted by molar-refractivity contribution is -0.119. The number of benzene rings is 1. The minimum Gasteiger partial charge on any atom is -0.388 e. The van der Waals surface area contributed by atoms with Gasteiger partial charge in [0.1, 0.15) is 0 Å². The Bertz CT molecular complexity index is 804. The molecule has 0 aliphatic carbocycles. The van der Waals surface area contributed by atoms with Gasteiger partial charge in [0.05, 0.1) is 30.5 Å². The highest BCUT2D eigenvalue weighted by atomic mass is 35.5. The predicted octanol–water partition coefficient (Wildman–Crippen LogP) is 4.76. The van der Waals surface area contributed by atoms with Gasteiger partial charge in [0.2, 0.25) is 0 Å². The average molecular weight is 409 g/mol. The van der Waals surface area contributed by atoms with E-state index in [9.17, 15) is 14.3 Å². The Morgan fingerprint density at radius 3 is 2.33 bits per heavy atom.